The van der Waals surface area contributed by atoms with Gasteiger partial charge in [0.05, 0.1) is 0 Å². The van der Waals surface area contributed by atoms with Crippen molar-refractivity contribution in [2.24, 2.45) is 17.1 Å². The number of rotatable bonds is 3. The van der Waals surface area contributed by atoms with E-state index in [-0.39, 0.29) is 5.91 Å². The number of nitrogens with two attached hydrogens (primary N) is 1. The Bertz CT molecular complexity index is 220. The Hall–Kier alpha value is -0.570. The van der Waals surface area contributed by atoms with Gasteiger partial charge in [-0.25, -0.2) is 0 Å². The van der Waals surface area contributed by atoms with E-state index < -0.39 is 0 Å². The summed E-state index contributed by atoms with van der Waals surface area (Å²) in [4.78, 5) is 13.8. The van der Waals surface area contributed by atoms with Crippen LogP contribution in [0.25, 0.3) is 0 Å². The molecule has 3 nitrogen and oxygen atoms in total. The van der Waals surface area contributed by atoms with Gasteiger partial charge in [-0.15, -0.1) is 0 Å². The van der Waals surface area contributed by atoms with E-state index in [4.69, 9.17) is 5.73 Å². The molecule has 88 valence electrons. The quantitative estimate of drug-likeness (QED) is 0.772. The topological polar surface area (TPSA) is 46.3 Å². The van der Waals surface area contributed by atoms with Crippen LogP contribution in [-0.4, -0.2) is 30.4 Å². The van der Waals surface area contributed by atoms with Crippen molar-refractivity contribution in [3.63, 3.8) is 0 Å². The van der Waals surface area contributed by atoms with E-state index in [9.17, 15) is 4.79 Å². The third-order valence-electron chi connectivity index (χ3n) is 3.36. The van der Waals surface area contributed by atoms with Crippen LogP contribution in [0.4, 0.5) is 0 Å². The molecule has 0 aromatic rings. The van der Waals surface area contributed by atoms with Crippen molar-refractivity contribution in [3.05, 3.63) is 0 Å². The molecule has 1 aliphatic heterocycles. The van der Waals surface area contributed by atoms with Crippen molar-refractivity contribution >= 4 is 5.91 Å². The average molecular weight is 212 g/mol. The van der Waals surface area contributed by atoms with Gasteiger partial charge >= 0.3 is 0 Å². The lowest BCUT2D eigenvalue weighted by molar-refractivity contribution is -0.130. The number of likely N-dealkylation sites (tertiary alicyclic amines) is 1. The van der Waals surface area contributed by atoms with Crippen LogP contribution in [0.5, 0.6) is 0 Å². The molecular weight excluding hydrogens is 188 g/mol. The highest BCUT2D eigenvalue weighted by molar-refractivity contribution is 5.76. The Morgan fingerprint density at radius 2 is 2.13 bits per heavy atom. The highest BCUT2D eigenvalue weighted by Gasteiger charge is 2.33. The maximum absolute atomic E-state index is 11.7. The lowest BCUT2D eigenvalue weighted by atomic mass is 9.80. The van der Waals surface area contributed by atoms with Crippen molar-refractivity contribution in [2.75, 3.05) is 19.6 Å². The van der Waals surface area contributed by atoms with Crippen LogP contribution in [-0.2, 0) is 4.79 Å². The standard InChI is InChI=1S/C12H24N2O/c1-12(2,3)10-6-8-14(9-10)11(15)5-4-7-13/h10H,4-9,13H2,1-3H3. The van der Waals surface area contributed by atoms with Crippen LogP contribution in [0.3, 0.4) is 0 Å². The first-order chi connectivity index (χ1) is 6.95. The predicted octanol–water partition coefficient (Wildman–Crippen LogP) is 1.62. The van der Waals surface area contributed by atoms with Gasteiger partial charge in [-0.1, -0.05) is 20.8 Å². The fraction of sp³-hybridized carbons (Fsp3) is 0.917. The molecule has 0 aromatic heterocycles. The molecule has 0 bridgehead atoms. The summed E-state index contributed by atoms with van der Waals surface area (Å²) in [7, 11) is 0. The molecule has 0 saturated carbocycles. The molecule has 0 aliphatic carbocycles. The summed E-state index contributed by atoms with van der Waals surface area (Å²) < 4.78 is 0. The van der Waals surface area contributed by atoms with Gasteiger partial charge in [0, 0.05) is 19.5 Å². The molecule has 15 heavy (non-hydrogen) atoms. The second kappa shape index (κ2) is 4.97. The number of hydrogen-bond donors (Lipinski definition) is 1. The molecule has 2 N–H and O–H groups in total. The van der Waals surface area contributed by atoms with E-state index in [1.165, 1.54) is 0 Å². The Balaban J connectivity index is 2.39. The average Bonchev–Trinajstić information content (AvgIpc) is 2.62. The summed E-state index contributed by atoms with van der Waals surface area (Å²) in [6.07, 6.45) is 2.58. The maximum atomic E-state index is 11.7. The van der Waals surface area contributed by atoms with E-state index in [0.717, 1.165) is 25.9 Å². The first-order valence-electron chi connectivity index (χ1n) is 5.93. The highest BCUT2D eigenvalue weighted by atomic mass is 16.2. The van der Waals surface area contributed by atoms with Crippen LogP contribution < -0.4 is 5.73 Å². The SMILES string of the molecule is CC(C)(C)C1CCN(C(=O)CCCN)C1. The minimum absolute atomic E-state index is 0.284. The Kier molecular flexibility index (Phi) is 4.14. The summed E-state index contributed by atoms with van der Waals surface area (Å²) in [5.41, 5.74) is 5.72. The number of carbonyl (C=O) groups is 1. The Morgan fingerprint density at radius 3 is 2.60 bits per heavy atom. The Labute approximate surface area is 93.0 Å². The molecule has 1 rings (SSSR count). The van der Waals surface area contributed by atoms with Crippen LogP contribution >= 0.6 is 0 Å². The number of carbonyl (C=O) groups excluding carboxylic acids is 1. The van der Waals surface area contributed by atoms with Gasteiger partial charge < -0.3 is 10.6 Å². The lowest BCUT2D eigenvalue weighted by Gasteiger charge is -2.27. The van der Waals surface area contributed by atoms with Crippen LogP contribution in [0, 0.1) is 11.3 Å². The summed E-state index contributed by atoms with van der Waals surface area (Å²) in [6, 6.07) is 0. The minimum Gasteiger partial charge on any atom is -0.342 e. The predicted molar refractivity (Wildman–Crippen MR) is 62.4 cm³/mol. The summed E-state index contributed by atoms with van der Waals surface area (Å²) in [6.45, 7) is 9.25. The molecule has 1 fully saturated rings. The summed E-state index contributed by atoms with van der Waals surface area (Å²) >= 11 is 0. The smallest absolute Gasteiger partial charge is 0.222 e. The second-order valence-corrected chi connectivity index (χ2v) is 5.58. The molecule has 1 aliphatic rings. The summed E-state index contributed by atoms with van der Waals surface area (Å²) in [5, 5.41) is 0. The zero-order valence-corrected chi connectivity index (χ0v) is 10.3. The van der Waals surface area contributed by atoms with E-state index in [0.29, 0.717) is 24.3 Å². The van der Waals surface area contributed by atoms with Crippen molar-refractivity contribution in [1.82, 2.24) is 4.90 Å². The number of amides is 1. The summed E-state index contributed by atoms with van der Waals surface area (Å²) in [5.74, 6) is 0.937. The molecule has 0 spiro atoms. The molecule has 3 heteroatoms. The molecule has 1 unspecified atom stereocenters. The van der Waals surface area contributed by atoms with Crippen molar-refractivity contribution in [1.29, 1.82) is 0 Å². The van der Waals surface area contributed by atoms with E-state index in [1.807, 2.05) is 4.90 Å². The minimum atomic E-state index is 0.284. The van der Waals surface area contributed by atoms with Gasteiger partial charge in [-0.05, 0) is 30.7 Å². The van der Waals surface area contributed by atoms with Crippen LogP contribution in [0.1, 0.15) is 40.0 Å². The van der Waals surface area contributed by atoms with Gasteiger partial charge in [0.1, 0.15) is 0 Å². The lowest BCUT2D eigenvalue weighted by Crippen LogP contribution is -2.31. The normalized spacial score (nSPS) is 22.1. The first kappa shape index (κ1) is 12.5. The van der Waals surface area contributed by atoms with E-state index in [1.54, 1.807) is 0 Å². The van der Waals surface area contributed by atoms with E-state index in [2.05, 4.69) is 20.8 Å². The highest BCUT2D eigenvalue weighted by Crippen LogP contribution is 2.33. The van der Waals surface area contributed by atoms with Crippen LogP contribution in [0.15, 0.2) is 0 Å². The maximum Gasteiger partial charge on any atom is 0.222 e. The zero-order chi connectivity index (χ0) is 11.5. The van der Waals surface area contributed by atoms with Crippen molar-refractivity contribution in [2.45, 2.75) is 40.0 Å². The van der Waals surface area contributed by atoms with Gasteiger partial charge in [0.25, 0.3) is 0 Å². The monoisotopic (exact) mass is 212 g/mol. The fourth-order valence-corrected chi connectivity index (χ4v) is 2.11. The molecule has 1 atom stereocenters. The van der Waals surface area contributed by atoms with Gasteiger partial charge in [-0.3, -0.25) is 4.79 Å². The third-order valence-corrected chi connectivity index (χ3v) is 3.36. The molecule has 0 aromatic carbocycles. The molecule has 1 saturated heterocycles. The zero-order valence-electron chi connectivity index (χ0n) is 10.3. The second-order valence-electron chi connectivity index (χ2n) is 5.58. The number of hydrogen-bond acceptors (Lipinski definition) is 2. The van der Waals surface area contributed by atoms with E-state index >= 15 is 0 Å². The molecule has 1 amide bonds. The van der Waals surface area contributed by atoms with Crippen molar-refractivity contribution < 1.29 is 4.79 Å². The van der Waals surface area contributed by atoms with Gasteiger partial charge in [0.15, 0.2) is 0 Å². The first-order valence-corrected chi connectivity index (χ1v) is 5.93. The molecular formula is C12H24N2O. The Morgan fingerprint density at radius 1 is 1.47 bits per heavy atom. The molecule has 0 radical (unpaired) electrons. The fourth-order valence-electron chi connectivity index (χ4n) is 2.11. The van der Waals surface area contributed by atoms with Gasteiger partial charge in [0.2, 0.25) is 5.91 Å². The van der Waals surface area contributed by atoms with Crippen molar-refractivity contribution in [3.8, 4) is 0 Å². The van der Waals surface area contributed by atoms with Gasteiger partial charge in [-0.2, -0.15) is 0 Å². The molecule has 1 heterocycles. The number of nitrogens with zero attached hydrogens (tertiary/aromatic N) is 1. The largest absolute Gasteiger partial charge is 0.342 e. The van der Waals surface area contributed by atoms with Crippen LogP contribution in [0.2, 0.25) is 0 Å². The third kappa shape index (κ3) is 3.49.